The van der Waals surface area contributed by atoms with Gasteiger partial charge in [0.05, 0.1) is 0 Å². The molecule has 0 radical (unpaired) electrons. The van der Waals surface area contributed by atoms with Crippen LogP contribution in [0.3, 0.4) is 0 Å². The topological polar surface area (TPSA) is 34.1 Å². The lowest BCUT2D eigenvalue weighted by atomic mass is 9.84. The molecule has 0 fully saturated rings. The monoisotopic (exact) mass is 364 g/mol. The lowest BCUT2D eigenvalue weighted by Gasteiger charge is -2.21. The highest BCUT2D eigenvalue weighted by molar-refractivity contribution is 6.64. The molecule has 0 aromatic heterocycles. The molecule has 2 nitrogen and oxygen atoms in total. The molecule has 0 saturated carbocycles. The molecule has 4 heteroatoms. The predicted octanol–water partition coefficient (Wildman–Crippen LogP) is 6.86. The van der Waals surface area contributed by atoms with Gasteiger partial charge in [0.25, 0.3) is 0 Å². The highest BCUT2D eigenvalue weighted by Crippen LogP contribution is 2.27. The summed E-state index contributed by atoms with van der Waals surface area (Å²) in [7, 11) is 0. The standard InChI is InChI=1S/C19H34Cl2O2/c1-3-16(17(4-2)19(21)23)14-12-10-8-6-5-7-9-11-13-15-18(20)22/h16-17H,3-15H2,1-2H3. The van der Waals surface area contributed by atoms with E-state index >= 15 is 0 Å². The van der Waals surface area contributed by atoms with Gasteiger partial charge < -0.3 is 0 Å². The van der Waals surface area contributed by atoms with Gasteiger partial charge in [-0.05, 0) is 48.4 Å². The minimum Gasteiger partial charge on any atom is -0.281 e. The Bertz CT molecular complexity index is 318. The van der Waals surface area contributed by atoms with Crippen LogP contribution in [0.1, 0.15) is 97.3 Å². The third-order valence-corrected chi connectivity index (χ3v) is 5.24. The van der Waals surface area contributed by atoms with E-state index in [0.717, 1.165) is 32.1 Å². The quantitative estimate of drug-likeness (QED) is 0.221. The minimum atomic E-state index is -0.212. The average Bonchev–Trinajstić information content (AvgIpc) is 2.50. The molecule has 0 N–H and O–H groups in total. The molecule has 0 amide bonds. The van der Waals surface area contributed by atoms with E-state index in [2.05, 4.69) is 13.8 Å². The zero-order valence-corrected chi connectivity index (χ0v) is 16.4. The molecule has 2 atom stereocenters. The Balaban J connectivity index is 3.50. The summed E-state index contributed by atoms with van der Waals surface area (Å²) in [4.78, 5) is 22.0. The summed E-state index contributed by atoms with van der Waals surface area (Å²) < 4.78 is 0. The van der Waals surface area contributed by atoms with Crippen LogP contribution in [0.25, 0.3) is 0 Å². The lowest BCUT2D eigenvalue weighted by molar-refractivity contribution is -0.117. The second-order valence-corrected chi connectivity index (χ2v) is 7.36. The molecule has 0 heterocycles. The summed E-state index contributed by atoms with van der Waals surface area (Å²) in [6.07, 6.45) is 14.4. The third kappa shape index (κ3) is 12.9. The fraction of sp³-hybridized carbons (Fsp3) is 0.895. The molecule has 0 aliphatic heterocycles. The highest BCUT2D eigenvalue weighted by Gasteiger charge is 2.23. The second kappa shape index (κ2) is 15.4. The van der Waals surface area contributed by atoms with Crippen molar-refractivity contribution in [2.24, 2.45) is 11.8 Å². The van der Waals surface area contributed by atoms with Gasteiger partial charge in [0, 0.05) is 12.3 Å². The molecule has 136 valence electrons. The Hall–Kier alpha value is -0.0800. The van der Waals surface area contributed by atoms with E-state index in [1.54, 1.807) is 0 Å². The maximum absolute atomic E-state index is 11.4. The van der Waals surface area contributed by atoms with Gasteiger partial charge >= 0.3 is 0 Å². The molecular formula is C19H34Cl2O2. The van der Waals surface area contributed by atoms with Crippen molar-refractivity contribution < 1.29 is 9.59 Å². The first kappa shape index (κ1) is 22.9. The fourth-order valence-electron chi connectivity index (χ4n) is 3.28. The summed E-state index contributed by atoms with van der Waals surface area (Å²) >= 11 is 11.0. The molecule has 0 aromatic rings. The van der Waals surface area contributed by atoms with Crippen molar-refractivity contribution in [3.05, 3.63) is 0 Å². The van der Waals surface area contributed by atoms with Crippen LogP contribution in [0.15, 0.2) is 0 Å². The highest BCUT2D eigenvalue weighted by atomic mass is 35.5. The van der Waals surface area contributed by atoms with Crippen LogP contribution in [0.4, 0.5) is 0 Å². The van der Waals surface area contributed by atoms with Crippen molar-refractivity contribution >= 4 is 33.7 Å². The van der Waals surface area contributed by atoms with Crippen LogP contribution in [0, 0.1) is 11.8 Å². The van der Waals surface area contributed by atoms with Gasteiger partial charge in [-0.3, -0.25) is 9.59 Å². The molecule has 0 spiro atoms. The average molecular weight is 365 g/mol. The Kier molecular flexibility index (Phi) is 15.4. The summed E-state index contributed by atoms with van der Waals surface area (Å²) in [5.74, 6) is 0.496. The number of carbonyl (C=O) groups is 2. The van der Waals surface area contributed by atoms with Crippen LogP contribution in [-0.2, 0) is 9.59 Å². The van der Waals surface area contributed by atoms with Gasteiger partial charge in [-0.2, -0.15) is 0 Å². The van der Waals surface area contributed by atoms with Gasteiger partial charge in [0.2, 0.25) is 10.5 Å². The largest absolute Gasteiger partial charge is 0.281 e. The maximum atomic E-state index is 11.4. The summed E-state index contributed by atoms with van der Waals surface area (Å²) in [6, 6.07) is 0. The van der Waals surface area contributed by atoms with E-state index in [1.165, 1.54) is 44.9 Å². The number of halogens is 2. The molecule has 0 aliphatic carbocycles. The van der Waals surface area contributed by atoms with E-state index in [-0.39, 0.29) is 16.4 Å². The van der Waals surface area contributed by atoms with Crippen LogP contribution >= 0.6 is 23.2 Å². The van der Waals surface area contributed by atoms with Crippen LogP contribution < -0.4 is 0 Å². The van der Waals surface area contributed by atoms with Crippen LogP contribution in [0.5, 0.6) is 0 Å². The maximum Gasteiger partial charge on any atom is 0.224 e. The number of hydrogen-bond donors (Lipinski definition) is 0. The van der Waals surface area contributed by atoms with Gasteiger partial charge in [0.1, 0.15) is 0 Å². The van der Waals surface area contributed by atoms with Crippen LogP contribution in [0.2, 0.25) is 0 Å². The molecule has 0 rings (SSSR count). The molecule has 0 saturated heterocycles. The first-order valence-corrected chi connectivity index (χ1v) is 10.2. The molecule has 2 unspecified atom stereocenters. The molecule has 23 heavy (non-hydrogen) atoms. The van der Waals surface area contributed by atoms with E-state index in [0.29, 0.717) is 12.3 Å². The van der Waals surface area contributed by atoms with Crippen molar-refractivity contribution in [3.63, 3.8) is 0 Å². The summed E-state index contributed by atoms with van der Waals surface area (Å²) in [5.41, 5.74) is 0. The first-order chi connectivity index (χ1) is 11.0. The fourth-order valence-corrected chi connectivity index (χ4v) is 3.74. The zero-order valence-electron chi connectivity index (χ0n) is 14.9. The zero-order chi connectivity index (χ0) is 17.5. The SMILES string of the molecule is CCC(CCCCCCCCCCCC(=O)Cl)C(CC)C(=O)Cl. The minimum absolute atomic E-state index is 0.0431. The Morgan fingerprint density at radius 2 is 1.22 bits per heavy atom. The molecule has 0 bridgehead atoms. The number of carbonyl (C=O) groups excluding carboxylic acids is 2. The van der Waals surface area contributed by atoms with Crippen molar-refractivity contribution in [1.29, 1.82) is 0 Å². The van der Waals surface area contributed by atoms with Crippen molar-refractivity contribution in [1.82, 2.24) is 0 Å². The number of unbranched alkanes of at least 4 members (excludes halogenated alkanes) is 8. The van der Waals surface area contributed by atoms with Gasteiger partial charge in [-0.25, -0.2) is 0 Å². The lowest BCUT2D eigenvalue weighted by Crippen LogP contribution is -2.19. The Morgan fingerprint density at radius 1 is 0.739 bits per heavy atom. The smallest absolute Gasteiger partial charge is 0.224 e. The molecule has 0 aliphatic rings. The van der Waals surface area contributed by atoms with E-state index < -0.39 is 0 Å². The number of hydrogen-bond acceptors (Lipinski definition) is 2. The van der Waals surface area contributed by atoms with Crippen molar-refractivity contribution in [2.75, 3.05) is 0 Å². The normalized spacial score (nSPS) is 13.7. The van der Waals surface area contributed by atoms with Crippen molar-refractivity contribution in [2.45, 2.75) is 97.3 Å². The molecular weight excluding hydrogens is 331 g/mol. The van der Waals surface area contributed by atoms with Gasteiger partial charge in [-0.15, -0.1) is 0 Å². The van der Waals surface area contributed by atoms with Crippen LogP contribution in [-0.4, -0.2) is 10.5 Å². The summed E-state index contributed by atoms with van der Waals surface area (Å²) in [5, 5.41) is -0.369. The second-order valence-electron chi connectivity index (χ2n) is 6.56. The summed E-state index contributed by atoms with van der Waals surface area (Å²) in [6.45, 7) is 4.21. The number of rotatable bonds is 16. The van der Waals surface area contributed by atoms with Gasteiger partial charge in [-0.1, -0.05) is 71.6 Å². The van der Waals surface area contributed by atoms with E-state index in [1.807, 2.05) is 0 Å². The van der Waals surface area contributed by atoms with E-state index in [4.69, 9.17) is 23.2 Å². The van der Waals surface area contributed by atoms with Crippen molar-refractivity contribution in [3.8, 4) is 0 Å². The van der Waals surface area contributed by atoms with E-state index in [9.17, 15) is 9.59 Å². The molecule has 0 aromatic carbocycles. The predicted molar refractivity (Wildman–Crippen MR) is 100 cm³/mol. The third-order valence-electron chi connectivity index (χ3n) is 4.77. The Labute approximate surface area is 152 Å². The van der Waals surface area contributed by atoms with Gasteiger partial charge in [0.15, 0.2) is 0 Å². The Morgan fingerprint density at radius 3 is 1.61 bits per heavy atom. The first-order valence-electron chi connectivity index (χ1n) is 9.40.